The zero-order valence-corrected chi connectivity index (χ0v) is 10.8. The van der Waals surface area contributed by atoms with Gasteiger partial charge in [-0.1, -0.05) is 0 Å². The van der Waals surface area contributed by atoms with E-state index in [1.54, 1.807) is 19.1 Å². The van der Waals surface area contributed by atoms with E-state index in [-0.39, 0.29) is 17.7 Å². The van der Waals surface area contributed by atoms with Crippen LogP contribution in [0.1, 0.15) is 21.5 Å². The lowest BCUT2D eigenvalue weighted by atomic mass is 10.1. The molecule has 0 saturated carbocycles. The predicted octanol–water partition coefficient (Wildman–Crippen LogP) is 3.58. The van der Waals surface area contributed by atoms with Crippen molar-refractivity contribution in [3.8, 4) is 0 Å². The van der Waals surface area contributed by atoms with Crippen LogP contribution >= 0.6 is 0 Å². The Balaban J connectivity index is 2.13. The molecule has 0 aromatic heterocycles. The second-order valence-corrected chi connectivity index (χ2v) is 4.42. The van der Waals surface area contributed by atoms with Gasteiger partial charge < -0.3 is 10.4 Å². The van der Waals surface area contributed by atoms with Gasteiger partial charge in [-0.2, -0.15) is 0 Å². The molecule has 5 heteroatoms. The van der Waals surface area contributed by atoms with Crippen molar-refractivity contribution in [1.82, 2.24) is 0 Å². The number of carboxylic acid groups (broad SMARTS) is 1. The summed E-state index contributed by atoms with van der Waals surface area (Å²) in [6.45, 7) is 1.80. The fourth-order valence-corrected chi connectivity index (χ4v) is 1.89. The highest BCUT2D eigenvalue weighted by molar-refractivity contribution is 5.89. The van der Waals surface area contributed by atoms with Crippen molar-refractivity contribution in [2.75, 3.05) is 5.32 Å². The number of halogens is 2. The van der Waals surface area contributed by atoms with Crippen molar-refractivity contribution in [2.45, 2.75) is 13.5 Å². The first-order chi connectivity index (χ1) is 9.47. The molecule has 0 spiro atoms. The number of hydrogen-bond acceptors (Lipinski definition) is 2. The van der Waals surface area contributed by atoms with Crippen molar-refractivity contribution in [3.05, 3.63) is 64.7 Å². The molecular formula is C15H13F2NO2. The van der Waals surface area contributed by atoms with Gasteiger partial charge in [0.05, 0.1) is 5.56 Å². The van der Waals surface area contributed by atoms with E-state index in [2.05, 4.69) is 5.32 Å². The van der Waals surface area contributed by atoms with Crippen LogP contribution in [-0.4, -0.2) is 11.1 Å². The molecule has 2 N–H and O–H groups in total. The number of hydrogen-bond donors (Lipinski definition) is 2. The summed E-state index contributed by atoms with van der Waals surface area (Å²) in [5.41, 5.74) is 1.68. The minimum absolute atomic E-state index is 0.120. The molecule has 0 saturated heterocycles. The van der Waals surface area contributed by atoms with Crippen LogP contribution in [0.4, 0.5) is 14.5 Å². The Morgan fingerprint density at radius 2 is 1.95 bits per heavy atom. The summed E-state index contributed by atoms with van der Waals surface area (Å²) < 4.78 is 26.5. The molecule has 2 aromatic carbocycles. The predicted molar refractivity (Wildman–Crippen MR) is 71.8 cm³/mol. The molecule has 0 aliphatic heterocycles. The Hall–Kier alpha value is -2.43. The third-order valence-corrected chi connectivity index (χ3v) is 2.95. The second-order valence-electron chi connectivity index (χ2n) is 4.42. The van der Waals surface area contributed by atoms with E-state index < -0.39 is 17.6 Å². The smallest absolute Gasteiger partial charge is 0.335 e. The topological polar surface area (TPSA) is 49.3 Å². The number of aromatic carboxylic acids is 1. The standard InChI is InChI=1S/C15H13F2NO2/c1-9-6-12(3-4-13(9)15(19)20)18-8-10-7-11(16)2-5-14(10)17/h2-7,18H,8H2,1H3,(H,19,20). The average Bonchev–Trinajstić information content (AvgIpc) is 2.39. The summed E-state index contributed by atoms with van der Waals surface area (Å²) in [6.07, 6.45) is 0. The number of carboxylic acids is 1. The molecule has 3 nitrogen and oxygen atoms in total. The normalized spacial score (nSPS) is 10.3. The SMILES string of the molecule is Cc1cc(NCc2cc(F)ccc2F)ccc1C(=O)O. The summed E-state index contributed by atoms with van der Waals surface area (Å²) in [6, 6.07) is 7.98. The van der Waals surface area contributed by atoms with Crippen LogP contribution in [-0.2, 0) is 6.54 Å². The highest BCUT2D eigenvalue weighted by atomic mass is 19.1. The Labute approximate surface area is 114 Å². The number of rotatable bonds is 4. The lowest BCUT2D eigenvalue weighted by Crippen LogP contribution is -2.04. The van der Waals surface area contributed by atoms with Gasteiger partial charge in [0.2, 0.25) is 0 Å². The minimum atomic E-state index is -0.995. The van der Waals surface area contributed by atoms with E-state index in [1.165, 1.54) is 6.07 Å². The summed E-state index contributed by atoms with van der Waals surface area (Å²) in [5.74, 6) is -1.98. The Bertz CT molecular complexity index is 656. The molecule has 0 fully saturated rings. The van der Waals surface area contributed by atoms with E-state index in [0.717, 1.165) is 18.2 Å². The first kappa shape index (κ1) is 14.0. The fraction of sp³-hybridized carbons (Fsp3) is 0.133. The highest BCUT2D eigenvalue weighted by Gasteiger charge is 2.08. The summed E-state index contributed by atoms with van der Waals surface area (Å²) >= 11 is 0. The van der Waals surface area contributed by atoms with Gasteiger partial charge in [0.25, 0.3) is 0 Å². The van der Waals surface area contributed by atoms with Gasteiger partial charge in [-0.25, -0.2) is 13.6 Å². The summed E-state index contributed by atoms with van der Waals surface area (Å²) in [4.78, 5) is 10.9. The molecule has 104 valence electrons. The van der Waals surface area contributed by atoms with Crippen molar-refractivity contribution in [3.63, 3.8) is 0 Å². The molecule has 20 heavy (non-hydrogen) atoms. The van der Waals surface area contributed by atoms with Crippen LogP contribution in [0.5, 0.6) is 0 Å². The van der Waals surface area contributed by atoms with Crippen LogP contribution < -0.4 is 5.32 Å². The average molecular weight is 277 g/mol. The van der Waals surface area contributed by atoms with E-state index in [4.69, 9.17) is 5.11 Å². The maximum absolute atomic E-state index is 13.4. The molecule has 0 radical (unpaired) electrons. The van der Waals surface area contributed by atoms with Crippen LogP contribution in [0.2, 0.25) is 0 Å². The number of aryl methyl sites for hydroxylation is 1. The molecule has 2 rings (SSSR count). The molecule has 2 aromatic rings. The lowest BCUT2D eigenvalue weighted by Gasteiger charge is -2.09. The lowest BCUT2D eigenvalue weighted by molar-refractivity contribution is 0.0696. The van der Waals surface area contributed by atoms with Gasteiger partial charge in [-0.3, -0.25) is 0 Å². The second kappa shape index (κ2) is 5.69. The van der Waals surface area contributed by atoms with Gasteiger partial charge >= 0.3 is 5.97 Å². The van der Waals surface area contributed by atoms with Crippen molar-refractivity contribution < 1.29 is 18.7 Å². The minimum Gasteiger partial charge on any atom is -0.478 e. The summed E-state index contributed by atoms with van der Waals surface area (Å²) in [7, 11) is 0. The highest BCUT2D eigenvalue weighted by Crippen LogP contribution is 2.17. The van der Waals surface area contributed by atoms with Crippen LogP contribution in [0.25, 0.3) is 0 Å². The van der Waals surface area contributed by atoms with Crippen molar-refractivity contribution in [1.29, 1.82) is 0 Å². The molecule has 0 unspecified atom stereocenters. The van der Waals surface area contributed by atoms with Crippen molar-refractivity contribution in [2.24, 2.45) is 0 Å². The first-order valence-corrected chi connectivity index (χ1v) is 5.99. The fourth-order valence-electron chi connectivity index (χ4n) is 1.89. The summed E-state index contributed by atoms with van der Waals surface area (Å²) in [5, 5.41) is 11.9. The molecule has 0 amide bonds. The Kier molecular flexibility index (Phi) is 3.98. The van der Waals surface area contributed by atoms with Gasteiger partial charge in [0, 0.05) is 17.8 Å². The van der Waals surface area contributed by atoms with Crippen LogP contribution in [0, 0.1) is 18.6 Å². The van der Waals surface area contributed by atoms with E-state index >= 15 is 0 Å². The molecule has 0 atom stereocenters. The molecule has 0 aliphatic rings. The Morgan fingerprint density at radius 3 is 2.60 bits per heavy atom. The molecule has 0 aliphatic carbocycles. The van der Waals surface area contributed by atoms with Gasteiger partial charge in [0.15, 0.2) is 0 Å². The third-order valence-electron chi connectivity index (χ3n) is 2.95. The zero-order chi connectivity index (χ0) is 14.7. The third kappa shape index (κ3) is 3.12. The molecular weight excluding hydrogens is 264 g/mol. The van der Waals surface area contributed by atoms with Crippen LogP contribution in [0.15, 0.2) is 36.4 Å². The number of anilines is 1. The van der Waals surface area contributed by atoms with Gasteiger partial charge in [-0.05, 0) is 48.9 Å². The zero-order valence-electron chi connectivity index (χ0n) is 10.8. The maximum atomic E-state index is 13.4. The largest absolute Gasteiger partial charge is 0.478 e. The van der Waals surface area contributed by atoms with E-state index in [0.29, 0.717) is 11.3 Å². The number of carbonyl (C=O) groups is 1. The van der Waals surface area contributed by atoms with E-state index in [9.17, 15) is 13.6 Å². The van der Waals surface area contributed by atoms with E-state index in [1.807, 2.05) is 0 Å². The van der Waals surface area contributed by atoms with Crippen molar-refractivity contribution >= 4 is 11.7 Å². The van der Waals surface area contributed by atoms with Gasteiger partial charge in [-0.15, -0.1) is 0 Å². The molecule has 0 bridgehead atoms. The van der Waals surface area contributed by atoms with Gasteiger partial charge in [0.1, 0.15) is 11.6 Å². The first-order valence-electron chi connectivity index (χ1n) is 5.99. The monoisotopic (exact) mass is 277 g/mol. The maximum Gasteiger partial charge on any atom is 0.335 e. The van der Waals surface area contributed by atoms with Crippen LogP contribution in [0.3, 0.4) is 0 Å². The number of benzene rings is 2. The number of nitrogens with one attached hydrogen (secondary N) is 1. The quantitative estimate of drug-likeness (QED) is 0.898. The molecule has 0 heterocycles. The Morgan fingerprint density at radius 1 is 1.20 bits per heavy atom.